The standard InChI is InChI=1S/C18H25NO2/c1-14-4-3-5-15(2)16(14)17(20)19-10-6-18(7-11-19)8-12-21-13-9-18/h3-5H,6-13H2,1-2H3. The molecule has 1 aromatic carbocycles. The summed E-state index contributed by atoms with van der Waals surface area (Å²) in [7, 11) is 0. The minimum absolute atomic E-state index is 0.215. The second kappa shape index (κ2) is 5.80. The average Bonchev–Trinajstić information content (AvgIpc) is 2.48. The van der Waals surface area contributed by atoms with Gasteiger partial charge in [0.1, 0.15) is 0 Å². The Hall–Kier alpha value is -1.35. The quantitative estimate of drug-likeness (QED) is 0.793. The zero-order valence-corrected chi connectivity index (χ0v) is 13.2. The van der Waals surface area contributed by atoms with Crippen molar-refractivity contribution in [2.24, 2.45) is 5.41 Å². The molecule has 1 amide bonds. The second-order valence-corrected chi connectivity index (χ2v) is 6.67. The molecule has 3 rings (SSSR count). The monoisotopic (exact) mass is 287 g/mol. The first-order valence-electron chi connectivity index (χ1n) is 8.05. The number of piperidine rings is 1. The van der Waals surface area contributed by atoms with Crippen LogP contribution in [-0.2, 0) is 4.74 Å². The van der Waals surface area contributed by atoms with Crippen LogP contribution in [0.25, 0.3) is 0 Å². The van der Waals surface area contributed by atoms with Gasteiger partial charge in [0.15, 0.2) is 0 Å². The van der Waals surface area contributed by atoms with E-state index >= 15 is 0 Å². The zero-order chi connectivity index (χ0) is 14.9. The zero-order valence-electron chi connectivity index (χ0n) is 13.2. The van der Waals surface area contributed by atoms with Gasteiger partial charge in [0.25, 0.3) is 5.91 Å². The van der Waals surface area contributed by atoms with E-state index in [9.17, 15) is 4.79 Å². The van der Waals surface area contributed by atoms with E-state index in [0.29, 0.717) is 5.41 Å². The van der Waals surface area contributed by atoms with Crippen LogP contribution in [0, 0.1) is 19.3 Å². The van der Waals surface area contributed by atoms with Gasteiger partial charge in [-0.2, -0.15) is 0 Å². The first-order valence-corrected chi connectivity index (χ1v) is 8.05. The Morgan fingerprint density at radius 1 is 1.05 bits per heavy atom. The average molecular weight is 287 g/mol. The summed E-state index contributed by atoms with van der Waals surface area (Å²) in [5.41, 5.74) is 3.52. The second-order valence-electron chi connectivity index (χ2n) is 6.67. The van der Waals surface area contributed by atoms with Crippen molar-refractivity contribution in [3.63, 3.8) is 0 Å². The van der Waals surface area contributed by atoms with Crippen molar-refractivity contribution in [2.45, 2.75) is 39.5 Å². The van der Waals surface area contributed by atoms with Crippen molar-refractivity contribution in [1.82, 2.24) is 4.90 Å². The predicted octanol–water partition coefficient (Wildman–Crippen LogP) is 3.34. The molecule has 21 heavy (non-hydrogen) atoms. The number of ether oxygens (including phenoxy) is 1. The molecule has 0 aliphatic carbocycles. The van der Waals surface area contributed by atoms with Crippen LogP contribution in [0.5, 0.6) is 0 Å². The maximum absolute atomic E-state index is 12.8. The molecule has 114 valence electrons. The largest absolute Gasteiger partial charge is 0.381 e. The number of hydrogen-bond acceptors (Lipinski definition) is 2. The molecule has 1 spiro atoms. The summed E-state index contributed by atoms with van der Waals surface area (Å²) in [4.78, 5) is 14.9. The Balaban J connectivity index is 1.70. The normalized spacial score (nSPS) is 21.5. The van der Waals surface area contributed by atoms with E-state index in [-0.39, 0.29) is 5.91 Å². The topological polar surface area (TPSA) is 29.5 Å². The predicted molar refractivity (Wildman–Crippen MR) is 83.5 cm³/mol. The van der Waals surface area contributed by atoms with Crippen molar-refractivity contribution < 1.29 is 9.53 Å². The molecule has 2 aliphatic rings. The number of rotatable bonds is 1. The number of carbonyl (C=O) groups excluding carboxylic acids is 1. The van der Waals surface area contributed by atoms with Crippen molar-refractivity contribution in [2.75, 3.05) is 26.3 Å². The molecule has 1 aromatic rings. The molecule has 2 heterocycles. The number of benzene rings is 1. The van der Waals surface area contributed by atoms with Gasteiger partial charge in [0.05, 0.1) is 0 Å². The fourth-order valence-corrected chi connectivity index (χ4v) is 3.80. The lowest BCUT2D eigenvalue weighted by atomic mass is 9.72. The highest BCUT2D eigenvalue weighted by Gasteiger charge is 2.37. The maximum atomic E-state index is 12.8. The van der Waals surface area contributed by atoms with E-state index in [4.69, 9.17) is 4.74 Å². The molecular weight excluding hydrogens is 262 g/mol. The van der Waals surface area contributed by atoms with Crippen LogP contribution in [0.3, 0.4) is 0 Å². The lowest BCUT2D eigenvalue weighted by Gasteiger charge is -2.44. The Morgan fingerprint density at radius 3 is 2.19 bits per heavy atom. The molecule has 2 aliphatic heterocycles. The van der Waals surface area contributed by atoms with Crippen LogP contribution in [0.15, 0.2) is 18.2 Å². The van der Waals surface area contributed by atoms with Gasteiger partial charge in [-0.25, -0.2) is 0 Å². The molecule has 2 saturated heterocycles. The highest BCUT2D eigenvalue weighted by Crippen LogP contribution is 2.40. The fraction of sp³-hybridized carbons (Fsp3) is 0.611. The summed E-state index contributed by atoms with van der Waals surface area (Å²) in [5.74, 6) is 0.215. The molecule has 0 unspecified atom stereocenters. The number of likely N-dealkylation sites (tertiary alicyclic amines) is 1. The first kappa shape index (κ1) is 14.6. The smallest absolute Gasteiger partial charge is 0.254 e. The van der Waals surface area contributed by atoms with Crippen molar-refractivity contribution in [1.29, 1.82) is 0 Å². The van der Waals surface area contributed by atoms with E-state index in [1.165, 1.54) is 12.8 Å². The molecule has 0 bridgehead atoms. The molecule has 3 nitrogen and oxygen atoms in total. The lowest BCUT2D eigenvalue weighted by molar-refractivity contribution is -0.0175. The van der Waals surface area contributed by atoms with Crippen LogP contribution < -0.4 is 0 Å². The number of nitrogens with zero attached hydrogens (tertiary/aromatic N) is 1. The molecule has 3 heteroatoms. The Labute approximate surface area is 127 Å². The minimum Gasteiger partial charge on any atom is -0.381 e. The maximum Gasteiger partial charge on any atom is 0.254 e. The van der Waals surface area contributed by atoms with E-state index in [1.807, 2.05) is 32.0 Å². The molecule has 0 N–H and O–H groups in total. The number of hydrogen-bond donors (Lipinski definition) is 0. The summed E-state index contributed by atoms with van der Waals surface area (Å²) in [6.45, 7) is 7.64. The van der Waals surface area contributed by atoms with E-state index in [0.717, 1.165) is 55.8 Å². The number of carbonyl (C=O) groups is 1. The fourth-order valence-electron chi connectivity index (χ4n) is 3.80. The third-order valence-corrected chi connectivity index (χ3v) is 5.36. The SMILES string of the molecule is Cc1cccc(C)c1C(=O)N1CCC2(CCOCC2)CC1. The van der Waals surface area contributed by atoms with E-state index in [1.54, 1.807) is 0 Å². The van der Waals surface area contributed by atoms with Crippen molar-refractivity contribution >= 4 is 5.91 Å². The Morgan fingerprint density at radius 2 is 1.62 bits per heavy atom. The summed E-state index contributed by atoms with van der Waals surface area (Å²) in [6, 6.07) is 6.09. The van der Waals surface area contributed by atoms with Gasteiger partial charge >= 0.3 is 0 Å². The van der Waals surface area contributed by atoms with E-state index < -0.39 is 0 Å². The highest BCUT2D eigenvalue weighted by molar-refractivity contribution is 5.97. The molecule has 0 radical (unpaired) electrons. The molecule has 0 saturated carbocycles. The van der Waals surface area contributed by atoms with Gasteiger partial charge in [-0.3, -0.25) is 4.79 Å². The molecule has 2 fully saturated rings. The van der Waals surface area contributed by atoms with Gasteiger partial charge in [0.2, 0.25) is 0 Å². The van der Waals surface area contributed by atoms with Gasteiger partial charge in [0, 0.05) is 31.9 Å². The highest BCUT2D eigenvalue weighted by atomic mass is 16.5. The van der Waals surface area contributed by atoms with Crippen LogP contribution >= 0.6 is 0 Å². The lowest BCUT2D eigenvalue weighted by Crippen LogP contribution is -2.45. The number of amides is 1. The van der Waals surface area contributed by atoms with Crippen molar-refractivity contribution in [3.8, 4) is 0 Å². The van der Waals surface area contributed by atoms with Crippen LogP contribution in [0.1, 0.15) is 47.2 Å². The van der Waals surface area contributed by atoms with Gasteiger partial charge in [-0.1, -0.05) is 18.2 Å². The van der Waals surface area contributed by atoms with Crippen molar-refractivity contribution in [3.05, 3.63) is 34.9 Å². The number of aryl methyl sites for hydroxylation is 2. The third-order valence-electron chi connectivity index (χ3n) is 5.36. The van der Waals surface area contributed by atoms with Crippen LogP contribution in [0.4, 0.5) is 0 Å². The Kier molecular flexibility index (Phi) is 4.03. The summed E-state index contributed by atoms with van der Waals surface area (Å²) < 4.78 is 5.49. The Bertz CT molecular complexity index is 502. The van der Waals surface area contributed by atoms with E-state index in [2.05, 4.69) is 4.90 Å². The van der Waals surface area contributed by atoms with Crippen LogP contribution in [0.2, 0.25) is 0 Å². The van der Waals surface area contributed by atoms with Crippen LogP contribution in [-0.4, -0.2) is 37.1 Å². The van der Waals surface area contributed by atoms with Gasteiger partial charge in [-0.15, -0.1) is 0 Å². The first-order chi connectivity index (χ1) is 10.1. The summed E-state index contributed by atoms with van der Waals surface area (Å²) >= 11 is 0. The molecule has 0 aromatic heterocycles. The minimum atomic E-state index is 0.215. The third kappa shape index (κ3) is 2.84. The summed E-state index contributed by atoms with van der Waals surface area (Å²) in [5, 5.41) is 0. The van der Waals surface area contributed by atoms with Gasteiger partial charge < -0.3 is 9.64 Å². The summed E-state index contributed by atoms with van der Waals surface area (Å²) in [6.07, 6.45) is 4.59. The van der Waals surface area contributed by atoms with Gasteiger partial charge in [-0.05, 0) is 56.1 Å². The molecule has 0 atom stereocenters. The molecular formula is C18H25NO2.